The summed E-state index contributed by atoms with van der Waals surface area (Å²) in [6.45, 7) is 3.70. The summed E-state index contributed by atoms with van der Waals surface area (Å²) in [7, 11) is 0. The maximum atomic E-state index is 12.1. The zero-order chi connectivity index (χ0) is 13.9. The summed E-state index contributed by atoms with van der Waals surface area (Å²) in [5, 5.41) is 0. The molecule has 3 heteroatoms. The molecule has 1 heterocycles. The molecule has 2 atom stereocenters. The molecule has 0 N–H and O–H groups in total. The van der Waals surface area contributed by atoms with Gasteiger partial charge in [0, 0.05) is 6.20 Å². The fourth-order valence-corrected chi connectivity index (χ4v) is 2.43. The molecule has 1 aliphatic rings. The van der Waals surface area contributed by atoms with Gasteiger partial charge < -0.3 is 9.64 Å². The standard InChI is InChI=1S/C17H15NO2/c1-2-18-15(13-9-5-3-6-10-13)16(17(18)19)20-14-11-7-4-8-12-14/h2-12,15-16H,1H2/t15-,16+/m0/s1. The highest BCUT2D eigenvalue weighted by atomic mass is 16.5. The van der Waals surface area contributed by atoms with Gasteiger partial charge in [-0.1, -0.05) is 55.1 Å². The molecule has 2 aromatic carbocycles. The number of hydrogen-bond acceptors (Lipinski definition) is 2. The van der Waals surface area contributed by atoms with E-state index in [4.69, 9.17) is 4.74 Å². The van der Waals surface area contributed by atoms with Crippen LogP contribution in [0.25, 0.3) is 0 Å². The highest BCUT2D eigenvalue weighted by Crippen LogP contribution is 2.37. The summed E-state index contributed by atoms with van der Waals surface area (Å²) >= 11 is 0. The number of rotatable bonds is 4. The van der Waals surface area contributed by atoms with Gasteiger partial charge in [-0.25, -0.2) is 0 Å². The van der Waals surface area contributed by atoms with Crippen LogP contribution in [0.4, 0.5) is 0 Å². The van der Waals surface area contributed by atoms with Gasteiger partial charge >= 0.3 is 0 Å². The van der Waals surface area contributed by atoms with Crippen molar-refractivity contribution in [1.82, 2.24) is 4.90 Å². The number of likely N-dealkylation sites (tertiary alicyclic amines) is 1. The minimum absolute atomic E-state index is 0.0577. The molecule has 0 aromatic heterocycles. The molecule has 20 heavy (non-hydrogen) atoms. The van der Waals surface area contributed by atoms with Gasteiger partial charge in [0.1, 0.15) is 11.8 Å². The largest absolute Gasteiger partial charge is 0.478 e. The van der Waals surface area contributed by atoms with Crippen molar-refractivity contribution in [3.8, 4) is 5.75 Å². The SMILES string of the molecule is C=CN1C(=O)[C@H](Oc2ccccc2)[C@@H]1c1ccccc1. The first-order valence-electron chi connectivity index (χ1n) is 6.52. The topological polar surface area (TPSA) is 29.5 Å². The van der Waals surface area contributed by atoms with Crippen molar-refractivity contribution in [2.75, 3.05) is 0 Å². The zero-order valence-electron chi connectivity index (χ0n) is 11.0. The van der Waals surface area contributed by atoms with E-state index in [1.54, 1.807) is 11.1 Å². The predicted molar refractivity (Wildman–Crippen MR) is 77.1 cm³/mol. The Morgan fingerprint density at radius 1 is 1.00 bits per heavy atom. The second kappa shape index (κ2) is 5.21. The Kier molecular flexibility index (Phi) is 3.25. The van der Waals surface area contributed by atoms with Crippen LogP contribution >= 0.6 is 0 Å². The van der Waals surface area contributed by atoms with Gasteiger partial charge in [0.2, 0.25) is 6.10 Å². The second-order valence-corrected chi connectivity index (χ2v) is 4.64. The van der Waals surface area contributed by atoms with E-state index in [1.165, 1.54) is 0 Å². The second-order valence-electron chi connectivity index (χ2n) is 4.64. The number of ether oxygens (including phenoxy) is 1. The average molecular weight is 265 g/mol. The van der Waals surface area contributed by atoms with Gasteiger partial charge in [-0.3, -0.25) is 4.79 Å². The Labute approximate surface area is 118 Å². The number of carbonyl (C=O) groups excluding carboxylic acids is 1. The fraction of sp³-hybridized carbons (Fsp3) is 0.118. The van der Waals surface area contributed by atoms with Gasteiger partial charge in [-0.2, -0.15) is 0 Å². The predicted octanol–water partition coefficient (Wildman–Crippen LogP) is 3.16. The van der Waals surface area contributed by atoms with Crippen LogP contribution in [0.15, 0.2) is 73.4 Å². The van der Waals surface area contributed by atoms with Crippen LogP contribution in [0.5, 0.6) is 5.75 Å². The molecule has 0 saturated carbocycles. The smallest absolute Gasteiger partial charge is 0.270 e. The summed E-state index contributed by atoms with van der Waals surface area (Å²) in [4.78, 5) is 13.7. The van der Waals surface area contributed by atoms with Crippen LogP contribution in [0.1, 0.15) is 11.6 Å². The summed E-state index contributed by atoms with van der Waals surface area (Å²) in [6.07, 6.45) is 1.07. The third-order valence-electron chi connectivity index (χ3n) is 3.43. The van der Waals surface area contributed by atoms with Crippen molar-refractivity contribution in [2.24, 2.45) is 0 Å². The average Bonchev–Trinajstić information content (AvgIpc) is 2.51. The Bertz CT molecular complexity index is 609. The molecule has 0 radical (unpaired) electrons. The number of para-hydroxylation sites is 1. The lowest BCUT2D eigenvalue weighted by Gasteiger charge is -2.44. The molecular weight excluding hydrogens is 250 g/mol. The van der Waals surface area contributed by atoms with Gasteiger partial charge in [0.15, 0.2) is 0 Å². The first kappa shape index (κ1) is 12.5. The summed E-state index contributed by atoms with van der Waals surface area (Å²) in [5.74, 6) is 0.646. The molecule has 1 saturated heterocycles. The third kappa shape index (κ3) is 2.07. The van der Waals surface area contributed by atoms with E-state index in [0.717, 1.165) is 5.56 Å². The molecule has 100 valence electrons. The van der Waals surface area contributed by atoms with Gasteiger partial charge in [-0.15, -0.1) is 0 Å². The molecule has 0 bridgehead atoms. The molecule has 3 rings (SSSR count). The number of hydrogen-bond donors (Lipinski definition) is 0. The van der Waals surface area contributed by atoms with Crippen molar-refractivity contribution in [3.05, 3.63) is 79.0 Å². The van der Waals surface area contributed by atoms with E-state index < -0.39 is 6.10 Å². The molecule has 1 fully saturated rings. The molecule has 1 aliphatic heterocycles. The molecule has 1 amide bonds. The van der Waals surface area contributed by atoms with Crippen molar-refractivity contribution >= 4 is 5.91 Å². The molecule has 3 nitrogen and oxygen atoms in total. The van der Waals surface area contributed by atoms with Crippen molar-refractivity contribution in [2.45, 2.75) is 12.1 Å². The van der Waals surface area contributed by atoms with Crippen molar-refractivity contribution in [3.63, 3.8) is 0 Å². The molecule has 2 aromatic rings. The number of amides is 1. The summed E-state index contributed by atoms with van der Waals surface area (Å²) in [5.41, 5.74) is 1.05. The summed E-state index contributed by atoms with van der Waals surface area (Å²) < 4.78 is 5.82. The Hall–Kier alpha value is -2.55. The van der Waals surface area contributed by atoms with E-state index in [-0.39, 0.29) is 11.9 Å². The molecule has 0 spiro atoms. The first-order chi connectivity index (χ1) is 9.81. The highest BCUT2D eigenvalue weighted by Gasteiger charge is 2.48. The highest BCUT2D eigenvalue weighted by molar-refractivity contribution is 5.90. The van der Waals surface area contributed by atoms with E-state index >= 15 is 0 Å². The number of nitrogens with zero attached hydrogens (tertiary/aromatic N) is 1. The number of carbonyl (C=O) groups is 1. The first-order valence-corrected chi connectivity index (χ1v) is 6.52. The van der Waals surface area contributed by atoms with Gasteiger partial charge in [-0.05, 0) is 17.7 Å². The molecular formula is C17H15NO2. The zero-order valence-corrected chi connectivity index (χ0v) is 11.0. The summed E-state index contributed by atoms with van der Waals surface area (Å²) in [6, 6.07) is 19.2. The van der Waals surface area contributed by atoms with Crippen LogP contribution in [0.3, 0.4) is 0 Å². The van der Waals surface area contributed by atoms with Crippen LogP contribution in [-0.4, -0.2) is 16.9 Å². The normalized spacial score (nSPS) is 21.2. The van der Waals surface area contributed by atoms with Crippen LogP contribution in [0, 0.1) is 0 Å². The Balaban J connectivity index is 1.86. The van der Waals surface area contributed by atoms with E-state index in [1.807, 2.05) is 60.7 Å². The van der Waals surface area contributed by atoms with Crippen molar-refractivity contribution in [1.29, 1.82) is 0 Å². The maximum absolute atomic E-state index is 12.1. The Morgan fingerprint density at radius 3 is 2.20 bits per heavy atom. The van der Waals surface area contributed by atoms with Gasteiger partial charge in [0.05, 0.1) is 0 Å². The number of β-lactam (4-membered cyclic amide) rings is 1. The monoisotopic (exact) mass is 265 g/mol. The molecule has 0 aliphatic carbocycles. The fourth-order valence-electron chi connectivity index (χ4n) is 2.43. The van der Waals surface area contributed by atoms with Crippen LogP contribution in [0.2, 0.25) is 0 Å². The lowest BCUT2D eigenvalue weighted by Crippen LogP contribution is -2.58. The van der Waals surface area contributed by atoms with Crippen molar-refractivity contribution < 1.29 is 9.53 Å². The minimum Gasteiger partial charge on any atom is -0.478 e. The number of benzene rings is 2. The lowest BCUT2D eigenvalue weighted by atomic mass is 9.91. The minimum atomic E-state index is -0.488. The van der Waals surface area contributed by atoms with E-state index in [9.17, 15) is 4.79 Å². The van der Waals surface area contributed by atoms with E-state index in [2.05, 4.69) is 6.58 Å². The quantitative estimate of drug-likeness (QED) is 0.795. The maximum Gasteiger partial charge on any atom is 0.270 e. The lowest BCUT2D eigenvalue weighted by molar-refractivity contribution is -0.157. The Morgan fingerprint density at radius 2 is 1.60 bits per heavy atom. The van der Waals surface area contributed by atoms with E-state index in [0.29, 0.717) is 5.75 Å². The van der Waals surface area contributed by atoms with Gasteiger partial charge in [0.25, 0.3) is 5.91 Å². The van der Waals surface area contributed by atoms with Crippen LogP contribution in [-0.2, 0) is 4.79 Å². The third-order valence-corrected chi connectivity index (χ3v) is 3.43. The molecule has 0 unspecified atom stereocenters. The van der Waals surface area contributed by atoms with Crippen LogP contribution < -0.4 is 4.74 Å².